The van der Waals surface area contributed by atoms with E-state index in [-0.39, 0.29) is 0 Å². The molecule has 0 saturated heterocycles. The quantitative estimate of drug-likeness (QED) is 0.233. The normalized spacial score (nSPS) is 11.6. The third kappa shape index (κ3) is 3.67. The van der Waals surface area contributed by atoms with Gasteiger partial charge < -0.3 is 9.13 Å². The molecular formula is C34H22N4S. The Morgan fingerprint density at radius 1 is 0.590 bits per heavy atom. The lowest BCUT2D eigenvalue weighted by atomic mass is 10.1. The number of aromatic nitrogens is 4. The fourth-order valence-electron chi connectivity index (χ4n) is 5.43. The van der Waals surface area contributed by atoms with Crippen molar-refractivity contribution in [3.8, 4) is 33.2 Å². The molecule has 0 spiro atoms. The van der Waals surface area contributed by atoms with Crippen molar-refractivity contribution in [2.75, 3.05) is 0 Å². The van der Waals surface area contributed by atoms with Gasteiger partial charge in [0.15, 0.2) is 0 Å². The van der Waals surface area contributed by atoms with Crippen LogP contribution in [0.1, 0.15) is 0 Å². The lowest BCUT2D eigenvalue weighted by Crippen LogP contribution is -1.96. The zero-order valence-corrected chi connectivity index (χ0v) is 21.7. The standard InChI is InChI=1S/C34H22N4S/c1-3-12-31-27(10-1)28-15-14-24(34-36-29-11-2-4-13-33(29)39-34)21-32(28)38(31)26-9-7-8-23(20-26)30-22-25(16-17-35-30)37-18-5-6-19-37/h1-22H. The highest BCUT2D eigenvalue weighted by Crippen LogP contribution is 2.37. The van der Waals surface area contributed by atoms with E-state index in [0.717, 1.165) is 38.7 Å². The van der Waals surface area contributed by atoms with Gasteiger partial charge in [-0.3, -0.25) is 4.98 Å². The summed E-state index contributed by atoms with van der Waals surface area (Å²) in [6.07, 6.45) is 5.98. The number of para-hydroxylation sites is 2. The summed E-state index contributed by atoms with van der Waals surface area (Å²) >= 11 is 1.74. The second-order valence-corrected chi connectivity index (χ2v) is 10.6. The molecule has 0 unspecified atom stereocenters. The van der Waals surface area contributed by atoms with Crippen LogP contribution in [0.25, 0.3) is 65.2 Å². The van der Waals surface area contributed by atoms with Gasteiger partial charge in [-0.1, -0.05) is 54.6 Å². The Labute approximate surface area is 229 Å². The van der Waals surface area contributed by atoms with E-state index in [1.165, 1.54) is 26.5 Å². The first-order chi connectivity index (χ1) is 19.3. The van der Waals surface area contributed by atoms with Crippen molar-refractivity contribution in [1.29, 1.82) is 0 Å². The van der Waals surface area contributed by atoms with E-state index in [0.29, 0.717) is 0 Å². The zero-order valence-electron chi connectivity index (χ0n) is 20.9. The number of nitrogens with zero attached hydrogens (tertiary/aromatic N) is 4. The summed E-state index contributed by atoms with van der Waals surface area (Å²) in [5, 5.41) is 3.50. The molecule has 8 aromatic rings. The minimum absolute atomic E-state index is 0.944. The molecule has 0 N–H and O–H groups in total. The Morgan fingerprint density at radius 3 is 2.36 bits per heavy atom. The molecule has 8 rings (SSSR count). The molecule has 0 fully saturated rings. The van der Waals surface area contributed by atoms with E-state index < -0.39 is 0 Å². The van der Waals surface area contributed by atoms with E-state index >= 15 is 0 Å². The van der Waals surface area contributed by atoms with Crippen LogP contribution >= 0.6 is 11.3 Å². The summed E-state index contributed by atoms with van der Waals surface area (Å²) < 4.78 is 5.67. The maximum atomic E-state index is 4.93. The molecule has 0 amide bonds. The maximum absolute atomic E-state index is 4.93. The number of hydrogen-bond acceptors (Lipinski definition) is 3. The van der Waals surface area contributed by atoms with Crippen LogP contribution in [-0.2, 0) is 0 Å². The summed E-state index contributed by atoms with van der Waals surface area (Å²) in [5.41, 5.74) is 8.74. The third-order valence-corrected chi connectivity index (χ3v) is 8.35. The van der Waals surface area contributed by atoms with Gasteiger partial charge in [0.1, 0.15) is 5.01 Å². The van der Waals surface area contributed by atoms with Gasteiger partial charge in [-0.25, -0.2) is 4.98 Å². The highest BCUT2D eigenvalue weighted by molar-refractivity contribution is 7.21. The molecule has 39 heavy (non-hydrogen) atoms. The van der Waals surface area contributed by atoms with Crippen LogP contribution in [0.3, 0.4) is 0 Å². The Hall–Kier alpha value is -5.00. The predicted octanol–water partition coefficient (Wildman–Crippen LogP) is 8.91. The van der Waals surface area contributed by atoms with Crippen molar-refractivity contribution >= 4 is 43.4 Å². The first-order valence-corrected chi connectivity index (χ1v) is 13.7. The first-order valence-electron chi connectivity index (χ1n) is 12.9. The molecule has 0 saturated carbocycles. The van der Waals surface area contributed by atoms with Crippen LogP contribution in [0.15, 0.2) is 134 Å². The zero-order chi connectivity index (χ0) is 25.8. The Morgan fingerprint density at radius 2 is 1.44 bits per heavy atom. The Kier molecular flexibility index (Phi) is 4.96. The number of benzene rings is 4. The van der Waals surface area contributed by atoms with Crippen LogP contribution in [-0.4, -0.2) is 19.1 Å². The number of thiazole rings is 1. The van der Waals surface area contributed by atoms with Crippen LogP contribution in [0.2, 0.25) is 0 Å². The third-order valence-electron chi connectivity index (χ3n) is 7.26. The molecule has 4 nitrogen and oxygen atoms in total. The van der Waals surface area contributed by atoms with Gasteiger partial charge in [0.05, 0.1) is 26.9 Å². The van der Waals surface area contributed by atoms with Gasteiger partial charge in [0.2, 0.25) is 0 Å². The minimum Gasteiger partial charge on any atom is -0.324 e. The van der Waals surface area contributed by atoms with Gasteiger partial charge >= 0.3 is 0 Å². The Balaban J connectivity index is 1.31. The number of fused-ring (bicyclic) bond motifs is 4. The number of rotatable bonds is 4. The van der Waals surface area contributed by atoms with Crippen LogP contribution in [0, 0.1) is 0 Å². The Bertz CT molecular complexity index is 2100. The van der Waals surface area contributed by atoms with Gasteiger partial charge in [-0.05, 0) is 60.7 Å². The van der Waals surface area contributed by atoms with Crippen molar-refractivity contribution in [3.63, 3.8) is 0 Å². The molecule has 5 heteroatoms. The molecule has 4 aromatic carbocycles. The topological polar surface area (TPSA) is 35.6 Å². The molecule has 0 bridgehead atoms. The van der Waals surface area contributed by atoms with Gasteiger partial charge in [-0.15, -0.1) is 11.3 Å². The van der Waals surface area contributed by atoms with Gasteiger partial charge in [-0.2, -0.15) is 0 Å². The van der Waals surface area contributed by atoms with Gasteiger partial charge in [0, 0.05) is 51.9 Å². The second-order valence-electron chi connectivity index (χ2n) is 9.61. The van der Waals surface area contributed by atoms with Crippen molar-refractivity contribution in [2.24, 2.45) is 0 Å². The largest absolute Gasteiger partial charge is 0.324 e. The van der Waals surface area contributed by atoms with Crippen LogP contribution in [0.4, 0.5) is 0 Å². The highest BCUT2D eigenvalue weighted by atomic mass is 32.1. The second kappa shape index (κ2) is 8.79. The molecule has 0 atom stereocenters. The van der Waals surface area contributed by atoms with E-state index in [2.05, 4.69) is 113 Å². The van der Waals surface area contributed by atoms with E-state index in [9.17, 15) is 0 Å². The number of hydrogen-bond donors (Lipinski definition) is 0. The molecule has 0 aliphatic heterocycles. The van der Waals surface area contributed by atoms with Crippen molar-refractivity contribution < 1.29 is 0 Å². The number of pyridine rings is 1. The fraction of sp³-hybridized carbons (Fsp3) is 0. The molecule has 0 aliphatic rings. The predicted molar refractivity (Wildman–Crippen MR) is 162 cm³/mol. The SMILES string of the molecule is c1cc(-c2cc(-n3cccc3)ccn2)cc(-n2c3ccccc3c3ccc(-c4nc5ccccc5s4)cc32)c1. The molecule has 4 aromatic heterocycles. The summed E-state index contributed by atoms with van der Waals surface area (Å²) in [6, 6.07) is 40.6. The molecule has 184 valence electrons. The van der Waals surface area contributed by atoms with Crippen LogP contribution in [0.5, 0.6) is 0 Å². The van der Waals surface area contributed by atoms with Crippen molar-refractivity contribution in [1.82, 2.24) is 19.1 Å². The van der Waals surface area contributed by atoms with E-state index in [4.69, 9.17) is 9.97 Å². The smallest absolute Gasteiger partial charge is 0.124 e. The van der Waals surface area contributed by atoms with Crippen LogP contribution < -0.4 is 0 Å². The molecule has 0 aliphatic carbocycles. The lowest BCUT2D eigenvalue weighted by Gasteiger charge is -2.11. The fourth-order valence-corrected chi connectivity index (χ4v) is 6.39. The summed E-state index contributed by atoms with van der Waals surface area (Å²) in [6.45, 7) is 0. The average molecular weight is 519 g/mol. The van der Waals surface area contributed by atoms with E-state index in [1.807, 2.05) is 30.5 Å². The molecule has 4 heterocycles. The average Bonchev–Trinajstić information content (AvgIpc) is 3.75. The van der Waals surface area contributed by atoms with Crippen molar-refractivity contribution in [2.45, 2.75) is 0 Å². The molecular weight excluding hydrogens is 496 g/mol. The van der Waals surface area contributed by atoms with Gasteiger partial charge in [0.25, 0.3) is 0 Å². The minimum atomic E-state index is 0.944. The maximum Gasteiger partial charge on any atom is 0.124 e. The van der Waals surface area contributed by atoms with E-state index in [1.54, 1.807) is 11.3 Å². The summed E-state index contributed by atoms with van der Waals surface area (Å²) in [4.78, 5) is 9.64. The monoisotopic (exact) mass is 518 g/mol. The lowest BCUT2D eigenvalue weighted by molar-refractivity contribution is 1.07. The molecule has 0 radical (unpaired) electrons. The first kappa shape index (κ1) is 22.0. The van der Waals surface area contributed by atoms with Crippen molar-refractivity contribution in [3.05, 3.63) is 134 Å². The summed E-state index contributed by atoms with van der Waals surface area (Å²) in [5.74, 6) is 0. The summed E-state index contributed by atoms with van der Waals surface area (Å²) in [7, 11) is 0. The highest BCUT2D eigenvalue weighted by Gasteiger charge is 2.15.